The minimum absolute atomic E-state index is 0.0940. The topological polar surface area (TPSA) is 97.1 Å². The molecule has 0 unspecified atom stereocenters. The summed E-state index contributed by atoms with van der Waals surface area (Å²) < 4.78 is 0. The largest absolute Gasteiger partial charge is 0.375 e. The molecule has 2 rings (SSSR count). The molecule has 1 aliphatic rings. The third-order valence-corrected chi connectivity index (χ3v) is 3.33. The molecule has 2 amide bonds. The number of amides is 2. The summed E-state index contributed by atoms with van der Waals surface area (Å²) >= 11 is 1.32. The van der Waals surface area contributed by atoms with Crippen molar-refractivity contribution < 1.29 is 9.59 Å². The van der Waals surface area contributed by atoms with Crippen LogP contribution in [0.2, 0.25) is 0 Å². The van der Waals surface area contributed by atoms with Crippen LogP contribution in [-0.2, 0) is 16.0 Å². The van der Waals surface area contributed by atoms with Gasteiger partial charge < -0.3 is 16.4 Å². The molecule has 0 aromatic carbocycles. The van der Waals surface area contributed by atoms with Crippen LogP contribution in [0.25, 0.3) is 0 Å². The van der Waals surface area contributed by atoms with E-state index in [0.29, 0.717) is 23.9 Å². The number of hydrogen-bond acceptors (Lipinski definition) is 5. The number of thiazole rings is 1. The molecule has 1 fully saturated rings. The summed E-state index contributed by atoms with van der Waals surface area (Å²) in [4.78, 5) is 26.8. The maximum Gasteiger partial charge on any atom is 0.226 e. The molecule has 0 saturated heterocycles. The van der Waals surface area contributed by atoms with E-state index in [-0.39, 0.29) is 24.2 Å². The Kier molecular flexibility index (Phi) is 4.14. The van der Waals surface area contributed by atoms with Crippen LogP contribution in [-0.4, -0.2) is 29.9 Å². The van der Waals surface area contributed by atoms with Crippen LogP contribution in [0, 0.1) is 5.92 Å². The van der Waals surface area contributed by atoms with Crippen molar-refractivity contribution in [2.45, 2.75) is 19.3 Å². The van der Waals surface area contributed by atoms with Gasteiger partial charge in [-0.1, -0.05) is 0 Å². The van der Waals surface area contributed by atoms with Crippen LogP contribution in [0.4, 0.5) is 5.13 Å². The van der Waals surface area contributed by atoms with Gasteiger partial charge in [0.2, 0.25) is 11.8 Å². The lowest BCUT2D eigenvalue weighted by Crippen LogP contribution is -2.35. The summed E-state index contributed by atoms with van der Waals surface area (Å²) in [5, 5.41) is 7.74. The van der Waals surface area contributed by atoms with Crippen molar-refractivity contribution in [1.82, 2.24) is 15.6 Å². The van der Waals surface area contributed by atoms with Gasteiger partial charge in [0.15, 0.2) is 5.13 Å². The van der Waals surface area contributed by atoms with Crippen LogP contribution in [0.3, 0.4) is 0 Å². The van der Waals surface area contributed by atoms with Crippen LogP contribution >= 0.6 is 11.3 Å². The molecule has 0 spiro atoms. The van der Waals surface area contributed by atoms with E-state index in [4.69, 9.17) is 5.73 Å². The van der Waals surface area contributed by atoms with Crippen molar-refractivity contribution in [2.24, 2.45) is 5.92 Å². The van der Waals surface area contributed by atoms with Gasteiger partial charge in [0, 0.05) is 24.4 Å². The normalized spacial score (nSPS) is 14.2. The van der Waals surface area contributed by atoms with Gasteiger partial charge in [0.05, 0.1) is 12.1 Å². The molecule has 7 heteroatoms. The molecule has 0 radical (unpaired) electrons. The first kappa shape index (κ1) is 12.8. The van der Waals surface area contributed by atoms with Crippen molar-refractivity contribution in [3.63, 3.8) is 0 Å². The summed E-state index contributed by atoms with van der Waals surface area (Å²) in [6, 6.07) is 0. The first-order chi connectivity index (χ1) is 8.65. The molecular formula is C11H16N4O2S. The quantitative estimate of drug-likeness (QED) is 0.628. The Labute approximate surface area is 109 Å². The van der Waals surface area contributed by atoms with Gasteiger partial charge in [-0.3, -0.25) is 9.59 Å². The number of anilines is 1. The number of carbonyl (C=O) groups excluding carboxylic acids is 2. The molecule has 4 N–H and O–H groups in total. The van der Waals surface area contributed by atoms with Gasteiger partial charge >= 0.3 is 0 Å². The number of rotatable bonds is 6. The van der Waals surface area contributed by atoms with E-state index in [1.54, 1.807) is 5.38 Å². The molecule has 98 valence electrons. The van der Waals surface area contributed by atoms with E-state index in [1.807, 2.05) is 0 Å². The van der Waals surface area contributed by atoms with Gasteiger partial charge in [0.1, 0.15) is 0 Å². The Bertz CT molecular complexity index is 442. The first-order valence-electron chi connectivity index (χ1n) is 5.89. The average molecular weight is 268 g/mol. The monoisotopic (exact) mass is 268 g/mol. The Hall–Kier alpha value is -1.63. The number of nitrogens with two attached hydrogens (primary N) is 1. The van der Waals surface area contributed by atoms with Gasteiger partial charge in [-0.2, -0.15) is 0 Å². The van der Waals surface area contributed by atoms with E-state index >= 15 is 0 Å². The van der Waals surface area contributed by atoms with Crippen molar-refractivity contribution in [2.75, 3.05) is 18.8 Å². The van der Waals surface area contributed by atoms with E-state index in [9.17, 15) is 9.59 Å². The minimum atomic E-state index is -0.110. The standard InChI is InChI=1S/C11H16N4O2S/c12-11-15-8(6-18-11)5-9(16)13-3-4-14-10(17)7-1-2-7/h6-7H,1-5H2,(H2,12,15)(H,13,16)(H,14,17). The maximum atomic E-state index is 11.5. The highest BCUT2D eigenvalue weighted by atomic mass is 32.1. The minimum Gasteiger partial charge on any atom is -0.375 e. The maximum absolute atomic E-state index is 11.5. The summed E-state index contributed by atoms with van der Waals surface area (Å²) in [5.41, 5.74) is 6.15. The lowest BCUT2D eigenvalue weighted by atomic mass is 10.3. The predicted octanol–water partition coefficient (Wildman–Crippen LogP) is -0.0898. The summed E-state index contributed by atoms with van der Waals surface area (Å²) in [6.45, 7) is 0.914. The number of nitrogens with one attached hydrogen (secondary N) is 2. The predicted molar refractivity (Wildman–Crippen MR) is 69.0 cm³/mol. The number of carbonyl (C=O) groups is 2. The first-order valence-corrected chi connectivity index (χ1v) is 6.77. The zero-order valence-corrected chi connectivity index (χ0v) is 10.8. The zero-order valence-electron chi connectivity index (χ0n) is 9.94. The van der Waals surface area contributed by atoms with Crippen molar-refractivity contribution in [1.29, 1.82) is 0 Å². The molecule has 1 heterocycles. The van der Waals surface area contributed by atoms with Gasteiger partial charge in [0.25, 0.3) is 0 Å². The third kappa shape index (κ3) is 3.99. The summed E-state index contributed by atoms with van der Waals surface area (Å²) in [6.07, 6.45) is 2.21. The molecule has 1 aromatic rings. The fourth-order valence-corrected chi connectivity index (χ4v) is 2.07. The fourth-order valence-electron chi connectivity index (χ4n) is 1.51. The van der Waals surface area contributed by atoms with Crippen molar-refractivity contribution in [3.8, 4) is 0 Å². The highest BCUT2D eigenvalue weighted by Crippen LogP contribution is 2.28. The zero-order chi connectivity index (χ0) is 13.0. The second-order valence-corrected chi connectivity index (χ2v) is 5.16. The Balaban J connectivity index is 1.58. The van der Waals surface area contributed by atoms with Crippen LogP contribution in [0.5, 0.6) is 0 Å². The number of nitrogens with zero attached hydrogens (tertiary/aromatic N) is 1. The second kappa shape index (κ2) is 5.81. The van der Waals surface area contributed by atoms with Crippen LogP contribution < -0.4 is 16.4 Å². The average Bonchev–Trinajstić information content (AvgIpc) is 3.10. The SMILES string of the molecule is Nc1nc(CC(=O)NCCNC(=O)C2CC2)cs1. The van der Waals surface area contributed by atoms with Crippen molar-refractivity contribution >= 4 is 28.3 Å². The smallest absolute Gasteiger partial charge is 0.226 e. The lowest BCUT2D eigenvalue weighted by Gasteiger charge is -2.05. The summed E-state index contributed by atoms with van der Waals surface area (Å²) in [5.74, 6) is 0.191. The van der Waals surface area contributed by atoms with Gasteiger partial charge in [-0.05, 0) is 12.8 Å². The number of aromatic nitrogens is 1. The molecule has 1 aromatic heterocycles. The Morgan fingerprint density at radius 3 is 2.72 bits per heavy atom. The lowest BCUT2D eigenvalue weighted by molar-refractivity contribution is -0.123. The number of nitrogen functional groups attached to an aromatic ring is 1. The van der Waals surface area contributed by atoms with Crippen molar-refractivity contribution in [3.05, 3.63) is 11.1 Å². The third-order valence-electron chi connectivity index (χ3n) is 2.61. The molecule has 6 nitrogen and oxygen atoms in total. The van der Waals surface area contributed by atoms with E-state index in [1.165, 1.54) is 11.3 Å². The van der Waals surface area contributed by atoms with Crippen LogP contribution in [0.15, 0.2) is 5.38 Å². The molecule has 0 bridgehead atoms. The van der Waals surface area contributed by atoms with Gasteiger partial charge in [-0.15, -0.1) is 11.3 Å². The Morgan fingerprint density at radius 1 is 1.39 bits per heavy atom. The summed E-state index contributed by atoms with van der Waals surface area (Å²) in [7, 11) is 0. The molecule has 1 saturated carbocycles. The molecular weight excluding hydrogens is 252 g/mol. The second-order valence-electron chi connectivity index (χ2n) is 4.27. The highest BCUT2D eigenvalue weighted by Gasteiger charge is 2.28. The Morgan fingerprint density at radius 2 is 2.11 bits per heavy atom. The molecule has 18 heavy (non-hydrogen) atoms. The molecule has 1 aliphatic carbocycles. The van der Waals surface area contributed by atoms with E-state index in [0.717, 1.165) is 12.8 Å². The highest BCUT2D eigenvalue weighted by molar-refractivity contribution is 7.13. The van der Waals surface area contributed by atoms with Crippen LogP contribution in [0.1, 0.15) is 18.5 Å². The van der Waals surface area contributed by atoms with E-state index in [2.05, 4.69) is 15.6 Å². The van der Waals surface area contributed by atoms with E-state index < -0.39 is 0 Å². The number of hydrogen-bond donors (Lipinski definition) is 3. The molecule has 0 aliphatic heterocycles. The molecule has 0 atom stereocenters. The van der Waals surface area contributed by atoms with Gasteiger partial charge in [-0.25, -0.2) is 4.98 Å². The fraction of sp³-hybridized carbons (Fsp3) is 0.545.